The molecule has 0 atom stereocenters. The first-order chi connectivity index (χ1) is 13.2. The van der Waals surface area contributed by atoms with Crippen LogP contribution in [0.5, 0.6) is 0 Å². The number of fused-ring (bicyclic) bond motifs is 2. The SMILES string of the molecule is Cc1nc(C)c(N2Cc3ncnc(Nc4cnc5ccccc5c4)c3C2)s1. The van der Waals surface area contributed by atoms with Gasteiger partial charge in [-0.15, -0.1) is 11.3 Å². The highest BCUT2D eigenvalue weighted by Gasteiger charge is 2.26. The Hall–Kier alpha value is -3.06. The summed E-state index contributed by atoms with van der Waals surface area (Å²) in [5.74, 6) is 0.846. The van der Waals surface area contributed by atoms with E-state index in [1.165, 1.54) is 5.00 Å². The van der Waals surface area contributed by atoms with Crippen LogP contribution in [-0.2, 0) is 13.1 Å². The summed E-state index contributed by atoms with van der Waals surface area (Å²) in [4.78, 5) is 20.4. The van der Waals surface area contributed by atoms with Crippen LogP contribution in [0.15, 0.2) is 42.9 Å². The molecule has 0 bridgehead atoms. The minimum absolute atomic E-state index is 0.780. The van der Waals surface area contributed by atoms with Gasteiger partial charge in [0.25, 0.3) is 0 Å². The number of rotatable bonds is 3. The second kappa shape index (κ2) is 6.28. The van der Waals surface area contributed by atoms with Crippen LogP contribution in [0.1, 0.15) is 22.0 Å². The first-order valence-electron chi connectivity index (χ1n) is 8.81. The molecule has 4 heterocycles. The van der Waals surface area contributed by atoms with Crippen LogP contribution in [0.25, 0.3) is 10.9 Å². The van der Waals surface area contributed by atoms with Crippen molar-refractivity contribution in [3.63, 3.8) is 0 Å². The lowest BCUT2D eigenvalue weighted by molar-refractivity contribution is 0.873. The molecule has 0 spiro atoms. The molecule has 7 heteroatoms. The number of anilines is 3. The minimum atomic E-state index is 0.780. The lowest BCUT2D eigenvalue weighted by Crippen LogP contribution is -2.14. The van der Waals surface area contributed by atoms with Crippen molar-refractivity contribution in [3.05, 3.63) is 64.8 Å². The van der Waals surface area contributed by atoms with Crippen molar-refractivity contribution in [1.82, 2.24) is 19.9 Å². The lowest BCUT2D eigenvalue weighted by Gasteiger charge is -2.15. The van der Waals surface area contributed by atoms with Crippen molar-refractivity contribution in [1.29, 1.82) is 0 Å². The topological polar surface area (TPSA) is 66.8 Å². The Bertz CT molecular complexity index is 1150. The number of hydrogen-bond donors (Lipinski definition) is 1. The molecule has 5 rings (SSSR count). The Balaban J connectivity index is 1.46. The number of benzene rings is 1. The van der Waals surface area contributed by atoms with Gasteiger partial charge in [0.05, 0.1) is 40.3 Å². The summed E-state index contributed by atoms with van der Waals surface area (Å²) in [6.07, 6.45) is 3.48. The molecule has 1 aliphatic heterocycles. The maximum atomic E-state index is 4.55. The summed E-state index contributed by atoms with van der Waals surface area (Å²) in [5, 5.41) is 6.84. The fraction of sp³-hybridized carbons (Fsp3) is 0.200. The predicted molar refractivity (Wildman–Crippen MR) is 109 cm³/mol. The van der Waals surface area contributed by atoms with Gasteiger partial charge in [0.15, 0.2) is 0 Å². The van der Waals surface area contributed by atoms with Gasteiger partial charge in [-0.2, -0.15) is 0 Å². The van der Waals surface area contributed by atoms with Crippen LogP contribution in [0, 0.1) is 13.8 Å². The molecular formula is C20H18N6S. The number of para-hydroxylation sites is 1. The average Bonchev–Trinajstić information content (AvgIpc) is 3.25. The quantitative estimate of drug-likeness (QED) is 0.575. The van der Waals surface area contributed by atoms with Gasteiger partial charge in [-0.05, 0) is 26.0 Å². The first-order valence-corrected chi connectivity index (χ1v) is 9.62. The molecule has 134 valence electrons. The zero-order valence-electron chi connectivity index (χ0n) is 15.1. The van der Waals surface area contributed by atoms with E-state index in [9.17, 15) is 0 Å². The smallest absolute Gasteiger partial charge is 0.139 e. The Morgan fingerprint density at radius 3 is 2.81 bits per heavy atom. The number of aryl methyl sites for hydroxylation is 2. The maximum absolute atomic E-state index is 4.55. The summed E-state index contributed by atoms with van der Waals surface area (Å²) >= 11 is 1.73. The third kappa shape index (κ3) is 2.90. The minimum Gasteiger partial charge on any atom is -0.351 e. The molecular weight excluding hydrogens is 356 g/mol. The highest BCUT2D eigenvalue weighted by atomic mass is 32.1. The van der Waals surface area contributed by atoms with E-state index in [4.69, 9.17) is 0 Å². The van der Waals surface area contributed by atoms with Crippen molar-refractivity contribution < 1.29 is 0 Å². The van der Waals surface area contributed by atoms with Crippen molar-refractivity contribution in [2.24, 2.45) is 0 Å². The molecule has 1 N–H and O–H groups in total. The number of nitrogens with one attached hydrogen (secondary N) is 1. The third-order valence-corrected chi connectivity index (χ3v) is 5.88. The predicted octanol–water partition coefficient (Wildman–Crippen LogP) is 4.36. The molecule has 0 saturated heterocycles. The second-order valence-electron chi connectivity index (χ2n) is 6.67. The van der Waals surface area contributed by atoms with Crippen LogP contribution in [0.4, 0.5) is 16.5 Å². The molecule has 6 nitrogen and oxygen atoms in total. The zero-order chi connectivity index (χ0) is 18.4. The Morgan fingerprint density at radius 1 is 1.07 bits per heavy atom. The number of nitrogens with zero attached hydrogens (tertiary/aromatic N) is 5. The van der Waals surface area contributed by atoms with Gasteiger partial charge in [-0.3, -0.25) is 4.98 Å². The summed E-state index contributed by atoms with van der Waals surface area (Å²) in [6, 6.07) is 10.2. The molecule has 0 amide bonds. The monoisotopic (exact) mass is 374 g/mol. The molecule has 1 aliphatic rings. The molecule has 0 aliphatic carbocycles. The summed E-state index contributed by atoms with van der Waals surface area (Å²) in [6.45, 7) is 5.67. The lowest BCUT2D eigenvalue weighted by atomic mass is 10.2. The molecule has 3 aromatic heterocycles. The number of hydrogen-bond acceptors (Lipinski definition) is 7. The molecule has 0 saturated carbocycles. The van der Waals surface area contributed by atoms with Gasteiger partial charge in [-0.1, -0.05) is 18.2 Å². The van der Waals surface area contributed by atoms with E-state index in [2.05, 4.69) is 49.2 Å². The van der Waals surface area contributed by atoms with E-state index in [0.717, 1.165) is 57.5 Å². The highest BCUT2D eigenvalue weighted by Crippen LogP contribution is 2.36. The van der Waals surface area contributed by atoms with Crippen LogP contribution >= 0.6 is 11.3 Å². The van der Waals surface area contributed by atoms with Gasteiger partial charge < -0.3 is 10.2 Å². The van der Waals surface area contributed by atoms with Crippen molar-refractivity contribution in [2.75, 3.05) is 10.2 Å². The normalized spacial score (nSPS) is 13.2. The second-order valence-corrected chi connectivity index (χ2v) is 7.85. The van der Waals surface area contributed by atoms with E-state index >= 15 is 0 Å². The summed E-state index contributed by atoms with van der Waals surface area (Å²) < 4.78 is 0. The number of thiazole rings is 1. The molecule has 4 aromatic rings. The summed E-state index contributed by atoms with van der Waals surface area (Å²) in [7, 11) is 0. The molecule has 0 unspecified atom stereocenters. The molecule has 1 aromatic carbocycles. The van der Waals surface area contributed by atoms with E-state index in [1.807, 2.05) is 31.3 Å². The maximum Gasteiger partial charge on any atom is 0.139 e. The van der Waals surface area contributed by atoms with Crippen molar-refractivity contribution in [3.8, 4) is 0 Å². The molecule has 27 heavy (non-hydrogen) atoms. The van der Waals surface area contributed by atoms with Gasteiger partial charge in [0.2, 0.25) is 0 Å². The van der Waals surface area contributed by atoms with Gasteiger partial charge in [0.1, 0.15) is 17.1 Å². The van der Waals surface area contributed by atoms with E-state index in [1.54, 1.807) is 17.7 Å². The first kappa shape index (κ1) is 16.1. The van der Waals surface area contributed by atoms with Crippen LogP contribution < -0.4 is 10.2 Å². The Kier molecular flexibility index (Phi) is 3.75. The van der Waals surface area contributed by atoms with E-state index in [0.29, 0.717) is 0 Å². The standard InChI is InChI=1S/C20H18N6S/c1-12-20(27-13(2)24-12)26-9-16-18(10-26)22-11-23-19(16)25-15-7-14-5-3-4-6-17(14)21-8-15/h3-8,11H,9-10H2,1-2H3,(H,22,23,25). The van der Waals surface area contributed by atoms with Crippen LogP contribution in [-0.4, -0.2) is 19.9 Å². The van der Waals surface area contributed by atoms with Gasteiger partial charge in [-0.25, -0.2) is 15.0 Å². The molecule has 0 fully saturated rings. The van der Waals surface area contributed by atoms with E-state index < -0.39 is 0 Å². The van der Waals surface area contributed by atoms with Crippen molar-refractivity contribution >= 4 is 38.7 Å². The Labute approximate surface area is 161 Å². The van der Waals surface area contributed by atoms with E-state index in [-0.39, 0.29) is 0 Å². The highest BCUT2D eigenvalue weighted by molar-refractivity contribution is 7.15. The Morgan fingerprint density at radius 2 is 1.96 bits per heavy atom. The fourth-order valence-corrected chi connectivity index (χ4v) is 4.43. The van der Waals surface area contributed by atoms with Crippen LogP contribution in [0.3, 0.4) is 0 Å². The molecule has 0 radical (unpaired) electrons. The van der Waals surface area contributed by atoms with Gasteiger partial charge >= 0.3 is 0 Å². The van der Waals surface area contributed by atoms with Crippen LogP contribution in [0.2, 0.25) is 0 Å². The fourth-order valence-electron chi connectivity index (χ4n) is 3.52. The van der Waals surface area contributed by atoms with Gasteiger partial charge in [0, 0.05) is 17.5 Å². The average molecular weight is 374 g/mol. The number of aromatic nitrogens is 4. The zero-order valence-corrected chi connectivity index (χ0v) is 15.9. The van der Waals surface area contributed by atoms with Crippen molar-refractivity contribution in [2.45, 2.75) is 26.9 Å². The summed E-state index contributed by atoms with van der Waals surface area (Å²) in [5.41, 5.74) is 5.19. The number of pyridine rings is 1. The largest absolute Gasteiger partial charge is 0.351 e. The third-order valence-electron chi connectivity index (χ3n) is 4.74.